The molecule has 0 fully saturated rings. The summed E-state index contributed by atoms with van der Waals surface area (Å²) in [5, 5.41) is 9.97. The number of rotatable bonds is 3. The SMILES string of the molecule is CCc1cn[nH]c1NC(=O)c1cc(Cl)cn1C. The van der Waals surface area contributed by atoms with Gasteiger partial charge in [-0.3, -0.25) is 9.89 Å². The van der Waals surface area contributed by atoms with E-state index in [-0.39, 0.29) is 5.91 Å². The Balaban J connectivity index is 2.20. The van der Waals surface area contributed by atoms with E-state index < -0.39 is 0 Å². The summed E-state index contributed by atoms with van der Waals surface area (Å²) in [6.07, 6.45) is 4.19. The molecule has 2 heterocycles. The zero-order valence-electron chi connectivity index (χ0n) is 9.62. The quantitative estimate of drug-likeness (QED) is 0.880. The predicted octanol–water partition coefficient (Wildman–Crippen LogP) is 2.22. The number of aromatic nitrogens is 3. The number of halogens is 1. The summed E-state index contributed by atoms with van der Waals surface area (Å²) in [6, 6.07) is 1.62. The predicted molar refractivity (Wildman–Crippen MR) is 66.3 cm³/mol. The fraction of sp³-hybridized carbons (Fsp3) is 0.273. The van der Waals surface area contributed by atoms with Crippen LogP contribution in [0.1, 0.15) is 23.0 Å². The van der Waals surface area contributed by atoms with Crippen LogP contribution >= 0.6 is 11.6 Å². The van der Waals surface area contributed by atoms with E-state index in [0.717, 1.165) is 12.0 Å². The molecule has 0 bridgehead atoms. The molecular weight excluding hydrogens is 240 g/mol. The zero-order chi connectivity index (χ0) is 12.4. The lowest BCUT2D eigenvalue weighted by molar-refractivity contribution is 0.101. The van der Waals surface area contributed by atoms with E-state index in [4.69, 9.17) is 11.6 Å². The summed E-state index contributed by atoms with van der Waals surface area (Å²) < 4.78 is 1.68. The first-order chi connectivity index (χ1) is 8.11. The first-order valence-corrected chi connectivity index (χ1v) is 5.65. The number of hydrogen-bond donors (Lipinski definition) is 2. The molecule has 0 radical (unpaired) electrons. The van der Waals surface area contributed by atoms with Gasteiger partial charge in [0.15, 0.2) is 0 Å². The third-order valence-corrected chi connectivity index (χ3v) is 2.75. The third kappa shape index (κ3) is 2.34. The van der Waals surface area contributed by atoms with Gasteiger partial charge in [-0.2, -0.15) is 5.10 Å². The maximum absolute atomic E-state index is 12.0. The van der Waals surface area contributed by atoms with Crippen LogP contribution in [0.4, 0.5) is 5.82 Å². The van der Waals surface area contributed by atoms with Crippen molar-refractivity contribution in [2.45, 2.75) is 13.3 Å². The van der Waals surface area contributed by atoms with Gasteiger partial charge in [0, 0.05) is 18.8 Å². The van der Waals surface area contributed by atoms with Crippen molar-refractivity contribution in [2.75, 3.05) is 5.32 Å². The average molecular weight is 253 g/mol. The lowest BCUT2D eigenvalue weighted by Gasteiger charge is -2.05. The van der Waals surface area contributed by atoms with E-state index in [2.05, 4.69) is 15.5 Å². The molecule has 0 atom stereocenters. The number of amides is 1. The van der Waals surface area contributed by atoms with Crippen molar-refractivity contribution in [1.82, 2.24) is 14.8 Å². The van der Waals surface area contributed by atoms with Crippen molar-refractivity contribution in [1.29, 1.82) is 0 Å². The maximum Gasteiger partial charge on any atom is 0.273 e. The molecule has 0 aromatic carbocycles. The number of hydrogen-bond acceptors (Lipinski definition) is 2. The van der Waals surface area contributed by atoms with E-state index in [9.17, 15) is 4.79 Å². The van der Waals surface area contributed by atoms with Gasteiger partial charge in [-0.05, 0) is 12.5 Å². The van der Waals surface area contributed by atoms with Gasteiger partial charge < -0.3 is 9.88 Å². The van der Waals surface area contributed by atoms with Crippen LogP contribution in [0.5, 0.6) is 0 Å². The van der Waals surface area contributed by atoms with Gasteiger partial charge in [0.05, 0.1) is 11.2 Å². The number of carbonyl (C=O) groups excluding carboxylic acids is 1. The summed E-state index contributed by atoms with van der Waals surface area (Å²) in [5.74, 6) is 0.424. The van der Waals surface area contributed by atoms with Gasteiger partial charge in [-0.25, -0.2) is 0 Å². The summed E-state index contributed by atoms with van der Waals surface area (Å²) in [5.41, 5.74) is 1.48. The van der Waals surface area contributed by atoms with Crippen LogP contribution in [-0.4, -0.2) is 20.7 Å². The minimum absolute atomic E-state index is 0.210. The second-order valence-electron chi connectivity index (χ2n) is 3.73. The van der Waals surface area contributed by atoms with E-state index in [1.807, 2.05) is 6.92 Å². The molecule has 0 unspecified atom stereocenters. The molecule has 0 aliphatic heterocycles. The Labute approximate surface area is 104 Å². The molecule has 0 aliphatic rings. The van der Waals surface area contributed by atoms with Crippen LogP contribution in [0.25, 0.3) is 0 Å². The molecular formula is C11H13ClN4O. The first-order valence-electron chi connectivity index (χ1n) is 5.27. The molecule has 0 aliphatic carbocycles. The van der Waals surface area contributed by atoms with Gasteiger partial charge in [0.1, 0.15) is 11.5 Å². The number of anilines is 1. The Hall–Kier alpha value is -1.75. The molecule has 17 heavy (non-hydrogen) atoms. The fourth-order valence-corrected chi connectivity index (χ4v) is 1.86. The highest BCUT2D eigenvalue weighted by Crippen LogP contribution is 2.16. The Morgan fingerprint density at radius 2 is 2.41 bits per heavy atom. The number of H-pyrrole nitrogens is 1. The number of aryl methyl sites for hydroxylation is 2. The number of aromatic amines is 1. The van der Waals surface area contributed by atoms with E-state index in [1.54, 1.807) is 30.1 Å². The molecule has 0 saturated carbocycles. The highest BCUT2D eigenvalue weighted by Gasteiger charge is 2.13. The molecule has 2 aromatic heterocycles. The molecule has 5 nitrogen and oxygen atoms in total. The maximum atomic E-state index is 12.0. The molecule has 2 aromatic rings. The summed E-state index contributed by atoms with van der Waals surface area (Å²) in [7, 11) is 1.77. The Bertz CT molecular complexity index is 543. The minimum atomic E-state index is -0.210. The Morgan fingerprint density at radius 1 is 1.65 bits per heavy atom. The van der Waals surface area contributed by atoms with Gasteiger partial charge in [0.2, 0.25) is 0 Å². The molecule has 0 spiro atoms. The average Bonchev–Trinajstić information content (AvgIpc) is 2.84. The molecule has 0 saturated heterocycles. The van der Waals surface area contributed by atoms with Crippen molar-refractivity contribution >= 4 is 23.3 Å². The van der Waals surface area contributed by atoms with E-state index >= 15 is 0 Å². The van der Waals surface area contributed by atoms with Gasteiger partial charge in [-0.1, -0.05) is 18.5 Å². The second-order valence-corrected chi connectivity index (χ2v) is 4.17. The number of carbonyl (C=O) groups is 1. The topological polar surface area (TPSA) is 62.7 Å². The van der Waals surface area contributed by atoms with Gasteiger partial charge >= 0.3 is 0 Å². The van der Waals surface area contributed by atoms with Crippen LogP contribution in [0, 0.1) is 0 Å². The Morgan fingerprint density at radius 3 is 3.00 bits per heavy atom. The highest BCUT2D eigenvalue weighted by molar-refractivity contribution is 6.31. The van der Waals surface area contributed by atoms with Crippen LogP contribution in [0.2, 0.25) is 5.02 Å². The van der Waals surface area contributed by atoms with Crippen LogP contribution < -0.4 is 5.32 Å². The summed E-state index contributed by atoms with van der Waals surface area (Å²) in [6.45, 7) is 2.00. The number of nitrogens with one attached hydrogen (secondary N) is 2. The standard InChI is InChI=1S/C11H13ClN4O/c1-3-7-5-13-15-10(7)14-11(17)9-4-8(12)6-16(9)2/h4-6H,3H2,1-2H3,(H2,13,14,15,17). The van der Waals surface area contributed by atoms with Crippen LogP contribution in [0.15, 0.2) is 18.5 Å². The van der Waals surface area contributed by atoms with Gasteiger partial charge in [-0.15, -0.1) is 0 Å². The largest absolute Gasteiger partial charge is 0.345 e. The van der Waals surface area contributed by atoms with Gasteiger partial charge in [0.25, 0.3) is 5.91 Å². The normalized spacial score (nSPS) is 10.5. The second kappa shape index (κ2) is 4.63. The van der Waals surface area contributed by atoms with Crippen molar-refractivity contribution in [3.05, 3.63) is 34.7 Å². The molecule has 2 N–H and O–H groups in total. The molecule has 6 heteroatoms. The lowest BCUT2D eigenvalue weighted by atomic mass is 10.2. The summed E-state index contributed by atoms with van der Waals surface area (Å²) in [4.78, 5) is 12.0. The Kier molecular flexibility index (Phi) is 3.19. The summed E-state index contributed by atoms with van der Waals surface area (Å²) >= 11 is 5.83. The molecule has 2 rings (SSSR count). The van der Waals surface area contributed by atoms with E-state index in [1.165, 1.54) is 0 Å². The molecule has 90 valence electrons. The number of nitrogens with zero attached hydrogens (tertiary/aromatic N) is 2. The highest BCUT2D eigenvalue weighted by atomic mass is 35.5. The lowest BCUT2D eigenvalue weighted by Crippen LogP contribution is -2.16. The molecule has 1 amide bonds. The minimum Gasteiger partial charge on any atom is -0.345 e. The smallest absolute Gasteiger partial charge is 0.273 e. The fourth-order valence-electron chi connectivity index (χ4n) is 1.61. The van der Waals surface area contributed by atoms with Crippen molar-refractivity contribution in [3.8, 4) is 0 Å². The monoisotopic (exact) mass is 252 g/mol. The van der Waals surface area contributed by atoms with Crippen LogP contribution in [-0.2, 0) is 13.5 Å². The van der Waals surface area contributed by atoms with Crippen molar-refractivity contribution in [3.63, 3.8) is 0 Å². The first kappa shape index (κ1) is 11.7. The zero-order valence-corrected chi connectivity index (χ0v) is 10.4. The third-order valence-electron chi connectivity index (χ3n) is 2.54. The van der Waals surface area contributed by atoms with Crippen molar-refractivity contribution in [2.24, 2.45) is 7.05 Å². The van der Waals surface area contributed by atoms with Crippen LogP contribution in [0.3, 0.4) is 0 Å². The van der Waals surface area contributed by atoms with Crippen molar-refractivity contribution < 1.29 is 4.79 Å². The van der Waals surface area contributed by atoms with E-state index in [0.29, 0.717) is 16.5 Å².